The lowest BCUT2D eigenvalue weighted by molar-refractivity contribution is 0.402. The zero-order valence-electron chi connectivity index (χ0n) is 9.14. The highest BCUT2D eigenvalue weighted by Gasteiger charge is 2.41. The molecule has 1 fully saturated rings. The quantitative estimate of drug-likeness (QED) is 0.908. The van der Waals surface area contributed by atoms with Crippen molar-refractivity contribution in [3.05, 3.63) is 28.2 Å². The monoisotopic (exact) mass is 269 g/mol. The fourth-order valence-corrected chi connectivity index (χ4v) is 2.52. The molecule has 2 nitrogen and oxygen atoms in total. The van der Waals surface area contributed by atoms with E-state index in [1.165, 1.54) is 18.4 Å². The van der Waals surface area contributed by atoms with Gasteiger partial charge in [-0.3, -0.25) is 0 Å². The highest BCUT2D eigenvalue weighted by atomic mass is 79.9. The molecule has 1 N–H and O–H groups in total. The molecule has 0 spiro atoms. The van der Waals surface area contributed by atoms with Crippen LogP contribution in [-0.2, 0) is 6.42 Å². The predicted octanol–water partition coefficient (Wildman–Crippen LogP) is 2.75. The third kappa shape index (κ3) is 2.18. The summed E-state index contributed by atoms with van der Waals surface area (Å²) in [6.07, 6.45) is 3.57. The lowest BCUT2D eigenvalue weighted by Crippen LogP contribution is -2.29. The lowest BCUT2D eigenvalue weighted by Gasteiger charge is -2.17. The first-order valence-corrected chi connectivity index (χ1v) is 6.00. The summed E-state index contributed by atoms with van der Waals surface area (Å²) in [5.74, 6) is 0.971. The summed E-state index contributed by atoms with van der Waals surface area (Å²) in [5, 5.41) is 3.40. The topological polar surface area (TPSA) is 21.3 Å². The maximum absolute atomic E-state index is 5.42. The highest BCUT2D eigenvalue weighted by molar-refractivity contribution is 9.10. The molecule has 0 heterocycles. The maximum Gasteiger partial charge on any atom is 0.136 e. The molecule has 0 aliphatic heterocycles. The van der Waals surface area contributed by atoms with Crippen LogP contribution in [0.2, 0.25) is 0 Å². The zero-order chi connectivity index (χ0) is 10.9. The van der Waals surface area contributed by atoms with Crippen LogP contribution in [-0.4, -0.2) is 19.7 Å². The molecular formula is C12H16BrNO. The number of hydrogen-bond acceptors (Lipinski definition) is 2. The third-order valence-electron chi connectivity index (χ3n) is 3.17. The molecule has 1 aliphatic carbocycles. The molecule has 0 aromatic heterocycles. The van der Waals surface area contributed by atoms with E-state index in [0.717, 1.165) is 16.6 Å². The van der Waals surface area contributed by atoms with Crippen molar-refractivity contribution >= 4 is 15.9 Å². The van der Waals surface area contributed by atoms with E-state index in [1.807, 2.05) is 13.1 Å². The predicted molar refractivity (Wildman–Crippen MR) is 65.4 cm³/mol. The number of nitrogens with one attached hydrogen (secondary N) is 1. The van der Waals surface area contributed by atoms with Crippen LogP contribution in [0.3, 0.4) is 0 Å². The maximum atomic E-state index is 5.42. The van der Waals surface area contributed by atoms with Crippen LogP contribution in [0, 0.1) is 0 Å². The van der Waals surface area contributed by atoms with Crippen molar-refractivity contribution in [1.29, 1.82) is 0 Å². The minimum atomic E-state index is 0.327. The Labute approximate surface area is 99.1 Å². The Morgan fingerprint density at radius 2 is 2.20 bits per heavy atom. The molecule has 82 valence electrons. The summed E-state index contributed by atoms with van der Waals surface area (Å²) >= 11 is 3.51. The first-order chi connectivity index (χ1) is 7.21. The summed E-state index contributed by atoms with van der Waals surface area (Å²) in [6.45, 7) is 0. The molecular weight excluding hydrogens is 254 g/mol. The van der Waals surface area contributed by atoms with E-state index in [1.54, 1.807) is 7.11 Å². The number of methoxy groups -OCH3 is 1. The van der Waals surface area contributed by atoms with Gasteiger partial charge in [0, 0.05) is 5.54 Å². The molecule has 0 unspecified atom stereocenters. The van der Waals surface area contributed by atoms with Gasteiger partial charge in [-0.15, -0.1) is 0 Å². The first kappa shape index (κ1) is 11.0. The number of halogens is 1. The molecule has 1 aliphatic rings. The van der Waals surface area contributed by atoms with Crippen molar-refractivity contribution in [2.45, 2.75) is 24.8 Å². The van der Waals surface area contributed by atoms with Crippen LogP contribution in [0.4, 0.5) is 0 Å². The van der Waals surface area contributed by atoms with Crippen LogP contribution in [0.25, 0.3) is 0 Å². The van der Waals surface area contributed by atoms with Gasteiger partial charge >= 0.3 is 0 Å². The van der Waals surface area contributed by atoms with Crippen LogP contribution in [0.5, 0.6) is 5.75 Å². The number of likely N-dealkylation sites (N-methyl/N-ethyl adjacent to an activating group) is 1. The molecule has 15 heavy (non-hydrogen) atoms. The summed E-state index contributed by atoms with van der Waals surface area (Å²) in [4.78, 5) is 0. The van der Waals surface area contributed by atoms with E-state index in [-0.39, 0.29) is 0 Å². The molecule has 0 bridgehead atoms. The molecule has 0 radical (unpaired) electrons. The number of para-hydroxylation sites is 1. The van der Waals surface area contributed by atoms with Crippen LogP contribution in [0.1, 0.15) is 18.4 Å². The molecule has 1 aromatic rings. The summed E-state index contributed by atoms with van der Waals surface area (Å²) in [6, 6.07) is 6.22. The van der Waals surface area contributed by atoms with Crippen LogP contribution in [0.15, 0.2) is 22.7 Å². The van der Waals surface area contributed by atoms with Gasteiger partial charge in [0.2, 0.25) is 0 Å². The van der Waals surface area contributed by atoms with E-state index < -0.39 is 0 Å². The smallest absolute Gasteiger partial charge is 0.136 e. The van der Waals surface area contributed by atoms with Gasteiger partial charge in [-0.1, -0.05) is 12.1 Å². The standard InChI is InChI=1S/C12H16BrNO/c1-14-12(6-7-12)8-9-4-3-5-10(13)11(9)15-2/h3-5,14H,6-8H2,1-2H3. The van der Waals surface area contributed by atoms with Gasteiger partial charge in [0.1, 0.15) is 5.75 Å². The molecule has 0 atom stereocenters. The van der Waals surface area contributed by atoms with E-state index >= 15 is 0 Å². The Morgan fingerprint density at radius 3 is 2.73 bits per heavy atom. The molecule has 2 rings (SSSR count). The third-order valence-corrected chi connectivity index (χ3v) is 3.79. The van der Waals surface area contributed by atoms with E-state index in [2.05, 4.69) is 33.4 Å². The Kier molecular flexibility index (Phi) is 3.03. The Morgan fingerprint density at radius 1 is 1.47 bits per heavy atom. The first-order valence-electron chi connectivity index (χ1n) is 5.21. The second-order valence-electron chi connectivity index (χ2n) is 4.14. The Hall–Kier alpha value is -0.540. The SMILES string of the molecule is CNC1(Cc2cccc(Br)c2OC)CC1. The normalized spacial score (nSPS) is 17.5. The molecule has 1 saturated carbocycles. The summed E-state index contributed by atoms with van der Waals surface area (Å²) in [5.41, 5.74) is 1.60. The van der Waals surface area contributed by atoms with Crippen molar-refractivity contribution in [3.8, 4) is 5.75 Å². The van der Waals surface area contributed by atoms with Crippen molar-refractivity contribution in [3.63, 3.8) is 0 Å². The van der Waals surface area contributed by atoms with Crippen molar-refractivity contribution in [2.75, 3.05) is 14.2 Å². The number of hydrogen-bond donors (Lipinski definition) is 1. The molecule has 0 amide bonds. The largest absolute Gasteiger partial charge is 0.495 e. The Balaban J connectivity index is 2.24. The summed E-state index contributed by atoms with van der Waals surface area (Å²) in [7, 11) is 3.76. The van der Waals surface area contributed by atoms with Crippen LogP contribution >= 0.6 is 15.9 Å². The minimum absolute atomic E-state index is 0.327. The van der Waals surface area contributed by atoms with Crippen molar-refractivity contribution < 1.29 is 4.74 Å². The fourth-order valence-electron chi connectivity index (χ4n) is 1.95. The van der Waals surface area contributed by atoms with Gasteiger partial charge in [0.05, 0.1) is 11.6 Å². The van der Waals surface area contributed by atoms with Gasteiger partial charge in [-0.05, 0) is 53.9 Å². The van der Waals surface area contributed by atoms with E-state index in [9.17, 15) is 0 Å². The zero-order valence-corrected chi connectivity index (χ0v) is 10.7. The van der Waals surface area contributed by atoms with Gasteiger partial charge < -0.3 is 10.1 Å². The van der Waals surface area contributed by atoms with Crippen LogP contribution < -0.4 is 10.1 Å². The van der Waals surface area contributed by atoms with E-state index in [4.69, 9.17) is 4.74 Å². The van der Waals surface area contributed by atoms with Gasteiger partial charge in [0.15, 0.2) is 0 Å². The molecule has 3 heteroatoms. The number of ether oxygens (including phenoxy) is 1. The van der Waals surface area contributed by atoms with Gasteiger partial charge in [0.25, 0.3) is 0 Å². The second-order valence-corrected chi connectivity index (χ2v) is 4.99. The van der Waals surface area contributed by atoms with Gasteiger partial charge in [-0.2, -0.15) is 0 Å². The minimum Gasteiger partial charge on any atom is -0.495 e. The lowest BCUT2D eigenvalue weighted by atomic mass is 10.0. The average molecular weight is 270 g/mol. The Bertz CT molecular complexity index is 361. The number of benzene rings is 1. The van der Waals surface area contributed by atoms with Crippen molar-refractivity contribution in [2.24, 2.45) is 0 Å². The second kappa shape index (κ2) is 4.14. The average Bonchev–Trinajstić information content (AvgIpc) is 2.99. The van der Waals surface area contributed by atoms with Gasteiger partial charge in [-0.25, -0.2) is 0 Å². The highest BCUT2D eigenvalue weighted by Crippen LogP contribution is 2.41. The fraction of sp³-hybridized carbons (Fsp3) is 0.500. The van der Waals surface area contributed by atoms with Crippen molar-refractivity contribution in [1.82, 2.24) is 5.32 Å². The summed E-state index contributed by atoms with van der Waals surface area (Å²) < 4.78 is 6.46. The molecule has 1 aromatic carbocycles. The number of rotatable bonds is 4. The van der Waals surface area contributed by atoms with E-state index in [0.29, 0.717) is 5.54 Å². The molecule has 0 saturated heterocycles.